The van der Waals surface area contributed by atoms with Gasteiger partial charge < -0.3 is 15.7 Å². The van der Waals surface area contributed by atoms with E-state index in [1.165, 1.54) is 29.7 Å². The summed E-state index contributed by atoms with van der Waals surface area (Å²) in [5.74, 6) is -0.543. The summed E-state index contributed by atoms with van der Waals surface area (Å²) in [6.45, 7) is 6.15. The fourth-order valence-corrected chi connectivity index (χ4v) is 5.82. The van der Waals surface area contributed by atoms with Crippen LogP contribution in [-0.4, -0.2) is 29.3 Å². The molecule has 0 aliphatic heterocycles. The fraction of sp³-hybridized carbons (Fsp3) is 0.519. The molecule has 0 spiro atoms. The lowest BCUT2D eigenvalue weighted by molar-refractivity contribution is -0.136. The Morgan fingerprint density at radius 1 is 1.09 bits per heavy atom. The third-order valence-corrected chi connectivity index (χ3v) is 7.79. The summed E-state index contributed by atoms with van der Waals surface area (Å²) < 4.78 is 0. The Morgan fingerprint density at radius 3 is 2.35 bits per heavy atom. The summed E-state index contributed by atoms with van der Waals surface area (Å²) in [6, 6.07) is 9.56. The number of amides is 1. The normalized spacial score (nSPS) is 15.2. The van der Waals surface area contributed by atoms with Gasteiger partial charge in [0.1, 0.15) is 0 Å². The third-order valence-electron chi connectivity index (χ3n) is 6.48. The van der Waals surface area contributed by atoms with E-state index >= 15 is 0 Å². The number of ketones is 1. The Balaban J connectivity index is 1.82. The van der Waals surface area contributed by atoms with Gasteiger partial charge in [0.25, 0.3) is 5.91 Å². The number of hydrogen-bond donors (Lipinski definition) is 3. The number of aryl methyl sites for hydroxylation is 1. The van der Waals surface area contributed by atoms with Crippen LogP contribution in [0.2, 0.25) is 0 Å². The number of carbonyl (C=O) groups excluding carboxylic acids is 2. The topological polar surface area (TPSA) is 95.5 Å². The van der Waals surface area contributed by atoms with Crippen LogP contribution < -0.4 is 10.6 Å². The minimum absolute atomic E-state index is 0.0218. The molecule has 0 saturated heterocycles. The SMILES string of the molecule is CCc1sc(C(=O)C(C)C)cc1C(Nc1ccc(C(=O)NCCC(=O)O)cc1)C1CCCCC1. The van der Waals surface area contributed by atoms with Gasteiger partial charge >= 0.3 is 5.97 Å². The first-order valence-corrected chi connectivity index (χ1v) is 13.1. The van der Waals surface area contributed by atoms with Crippen molar-refractivity contribution >= 4 is 34.7 Å². The van der Waals surface area contributed by atoms with Gasteiger partial charge in [-0.3, -0.25) is 14.4 Å². The smallest absolute Gasteiger partial charge is 0.305 e. The highest BCUT2D eigenvalue weighted by Crippen LogP contribution is 2.41. The molecule has 1 atom stereocenters. The van der Waals surface area contributed by atoms with Crippen LogP contribution in [0, 0.1) is 11.8 Å². The Morgan fingerprint density at radius 2 is 1.76 bits per heavy atom. The molecular formula is C27H36N2O4S. The molecule has 34 heavy (non-hydrogen) atoms. The Labute approximate surface area is 206 Å². The van der Waals surface area contributed by atoms with Gasteiger partial charge in [0, 0.05) is 28.6 Å². The summed E-state index contributed by atoms with van der Waals surface area (Å²) in [4.78, 5) is 37.8. The number of hydrogen-bond acceptors (Lipinski definition) is 5. The van der Waals surface area contributed by atoms with Gasteiger partial charge in [-0.1, -0.05) is 40.0 Å². The number of Topliss-reactive ketones (excluding diaryl/α,β-unsaturated/α-hetero) is 1. The summed E-state index contributed by atoms with van der Waals surface area (Å²) in [5, 5.41) is 15.1. The van der Waals surface area contributed by atoms with Gasteiger partial charge in [0.15, 0.2) is 5.78 Å². The molecule has 1 aliphatic rings. The molecule has 0 radical (unpaired) electrons. The van der Waals surface area contributed by atoms with E-state index in [1.807, 2.05) is 26.0 Å². The van der Waals surface area contributed by atoms with E-state index in [0.717, 1.165) is 29.8 Å². The van der Waals surface area contributed by atoms with E-state index in [9.17, 15) is 14.4 Å². The van der Waals surface area contributed by atoms with Gasteiger partial charge in [-0.05, 0) is 61.1 Å². The molecule has 6 nitrogen and oxygen atoms in total. The molecule has 1 unspecified atom stereocenters. The Bertz CT molecular complexity index is 991. The predicted octanol–water partition coefficient (Wildman–Crippen LogP) is 6.09. The highest BCUT2D eigenvalue weighted by atomic mass is 32.1. The van der Waals surface area contributed by atoms with E-state index in [1.54, 1.807) is 23.5 Å². The molecule has 1 aromatic heterocycles. The van der Waals surface area contributed by atoms with Gasteiger partial charge in [-0.15, -0.1) is 11.3 Å². The second kappa shape index (κ2) is 12.2. The number of thiophene rings is 1. The van der Waals surface area contributed by atoms with E-state index in [-0.39, 0.29) is 36.6 Å². The average molecular weight is 485 g/mol. The standard InChI is InChI=1S/C27H36N2O4S/c1-4-22-21(16-23(34-22)26(32)17(2)3)25(18-8-6-5-7-9-18)29-20-12-10-19(11-13-20)27(33)28-15-14-24(30)31/h10-13,16-18,25,29H,4-9,14-15H2,1-3H3,(H,28,33)(H,30,31). The first kappa shape index (κ1) is 25.9. The second-order valence-electron chi connectivity index (χ2n) is 9.36. The molecule has 3 N–H and O–H groups in total. The van der Waals surface area contributed by atoms with Gasteiger partial charge in [0.05, 0.1) is 17.3 Å². The number of carbonyl (C=O) groups is 3. The van der Waals surface area contributed by atoms with E-state index in [2.05, 4.69) is 23.6 Å². The third kappa shape index (κ3) is 6.69. The van der Waals surface area contributed by atoms with Crippen molar-refractivity contribution in [2.45, 2.75) is 71.8 Å². The zero-order valence-corrected chi connectivity index (χ0v) is 21.2. The Kier molecular flexibility index (Phi) is 9.28. The zero-order valence-electron chi connectivity index (χ0n) is 20.4. The molecule has 1 heterocycles. The predicted molar refractivity (Wildman–Crippen MR) is 137 cm³/mol. The number of benzene rings is 1. The minimum atomic E-state index is -0.938. The number of rotatable bonds is 11. The van der Waals surface area contributed by atoms with Crippen LogP contribution >= 0.6 is 11.3 Å². The molecular weight excluding hydrogens is 448 g/mol. The van der Waals surface area contributed by atoms with Crippen molar-refractivity contribution in [3.05, 3.63) is 51.2 Å². The number of carboxylic acid groups (broad SMARTS) is 1. The van der Waals surface area contributed by atoms with E-state index < -0.39 is 5.97 Å². The van der Waals surface area contributed by atoms with Crippen LogP contribution in [0.15, 0.2) is 30.3 Å². The summed E-state index contributed by atoms with van der Waals surface area (Å²) >= 11 is 1.63. The average Bonchev–Trinajstić information content (AvgIpc) is 3.26. The second-order valence-corrected chi connectivity index (χ2v) is 10.5. The monoisotopic (exact) mass is 484 g/mol. The first-order valence-electron chi connectivity index (χ1n) is 12.3. The van der Waals surface area contributed by atoms with E-state index in [0.29, 0.717) is 11.5 Å². The number of anilines is 1. The zero-order chi connectivity index (χ0) is 24.7. The number of nitrogens with one attached hydrogen (secondary N) is 2. The molecule has 1 saturated carbocycles. The van der Waals surface area contributed by atoms with Crippen molar-refractivity contribution in [1.29, 1.82) is 0 Å². The Hall–Kier alpha value is -2.67. The van der Waals surface area contributed by atoms with Crippen LogP contribution in [0.3, 0.4) is 0 Å². The minimum Gasteiger partial charge on any atom is -0.481 e. The summed E-state index contributed by atoms with van der Waals surface area (Å²) in [6.07, 6.45) is 6.84. The van der Waals surface area contributed by atoms with Crippen molar-refractivity contribution in [1.82, 2.24) is 5.32 Å². The molecule has 2 aromatic rings. The molecule has 7 heteroatoms. The molecule has 1 aromatic carbocycles. The quantitative estimate of drug-likeness (QED) is 0.336. The maximum Gasteiger partial charge on any atom is 0.305 e. The molecule has 184 valence electrons. The largest absolute Gasteiger partial charge is 0.481 e. The lowest BCUT2D eigenvalue weighted by Crippen LogP contribution is -2.26. The molecule has 1 fully saturated rings. The highest BCUT2D eigenvalue weighted by molar-refractivity contribution is 7.14. The summed E-state index contributed by atoms with van der Waals surface area (Å²) in [7, 11) is 0. The lowest BCUT2D eigenvalue weighted by atomic mass is 9.80. The van der Waals surface area contributed by atoms with Crippen LogP contribution in [0.1, 0.15) is 95.8 Å². The van der Waals surface area contributed by atoms with Gasteiger partial charge in [0.2, 0.25) is 0 Å². The molecule has 1 amide bonds. The maximum absolute atomic E-state index is 12.7. The van der Waals surface area contributed by atoms with Crippen LogP contribution in [0.4, 0.5) is 5.69 Å². The van der Waals surface area contributed by atoms with Crippen molar-refractivity contribution in [3.8, 4) is 0 Å². The number of carboxylic acids is 1. The number of aliphatic carboxylic acids is 1. The fourth-order valence-electron chi connectivity index (χ4n) is 4.59. The molecule has 1 aliphatic carbocycles. The maximum atomic E-state index is 12.7. The first-order chi connectivity index (χ1) is 16.3. The van der Waals surface area contributed by atoms with Crippen molar-refractivity contribution in [2.24, 2.45) is 11.8 Å². The molecule has 3 rings (SSSR count). The lowest BCUT2D eigenvalue weighted by Gasteiger charge is -2.32. The van der Waals surface area contributed by atoms with Gasteiger partial charge in [-0.25, -0.2) is 0 Å². The summed E-state index contributed by atoms with van der Waals surface area (Å²) in [5.41, 5.74) is 2.67. The molecule has 0 bridgehead atoms. The van der Waals surface area contributed by atoms with Crippen molar-refractivity contribution in [2.75, 3.05) is 11.9 Å². The van der Waals surface area contributed by atoms with Crippen LogP contribution in [0.5, 0.6) is 0 Å². The van der Waals surface area contributed by atoms with Crippen LogP contribution in [0.25, 0.3) is 0 Å². The van der Waals surface area contributed by atoms with Crippen molar-refractivity contribution in [3.63, 3.8) is 0 Å². The van der Waals surface area contributed by atoms with Crippen molar-refractivity contribution < 1.29 is 19.5 Å². The van der Waals surface area contributed by atoms with E-state index in [4.69, 9.17) is 5.11 Å². The highest BCUT2D eigenvalue weighted by Gasteiger charge is 2.29. The van der Waals surface area contributed by atoms with Crippen LogP contribution in [-0.2, 0) is 11.2 Å². The van der Waals surface area contributed by atoms with Gasteiger partial charge in [-0.2, -0.15) is 0 Å².